The monoisotopic (exact) mass is 270 g/mol. The van der Waals surface area contributed by atoms with Gasteiger partial charge in [0.25, 0.3) is 16.0 Å². The van der Waals surface area contributed by atoms with Crippen molar-refractivity contribution in [3.63, 3.8) is 0 Å². The van der Waals surface area contributed by atoms with Crippen LogP contribution in [-0.2, 0) is 10.1 Å². The van der Waals surface area contributed by atoms with Crippen molar-refractivity contribution in [1.29, 1.82) is 0 Å². The average molecular weight is 270 g/mol. The molecule has 6 nitrogen and oxygen atoms in total. The number of hydrogen-bond acceptors (Lipinski definition) is 4. The predicted octanol–water partition coefficient (Wildman–Crippen LogP) is -0.0213. The average Bonchev–Trinajstić information content (AvgIpc) is 2.38. The van der Waals surface area contributed by atoms with Crippen LogP contribution in [0.4, 0.5) is 0 Å². The van der Waals surface area contributed by atoms with E-state index in [2.05, 4.69) is 5.32 Å². The molecule has 0 atom stereocenters. The zero-order valence-electron chi connectivity index (χ0n) is 9.67. The molecule has 0 saturated carbocycles. The highest BCUT2D eigenvalue weighted by atomic mass is 32.2. The molecule has 2 N–H and O–H groups in total. The minimum absolute atomic E-state index is 0.126. The first kappa shape index (κ1) is 13.0. The third-order valence-electron chi connectivity index (χ3n) is 2.80. The first-order valence-corrected chi connectivity index (χ1v) is 7.00. The molecule has 1 aromatic rings. The van der Waals surface area contributed by atoms with Gasteiger partial charge in [-0.2, -0.15) is 8.42 Å². The van der Waals surface area contributed by atoms with Crippen LogP contribution < -0.4 is 5.32 Å². The van der Waals surface area contributed by atoms with Crippen LogP contribution in [-0.4, -0.2) is 50.0 Å². The van der Waals surface area contributed by atoms with E-state index in [0.29, 0.717) is 18.7 Å². The number of benzene rings is 1. The summed E-state index contributed by atoms with van der Waals surface area (Å²) in [6, 6.07) is 5.27. The third kappa shape index (κ3) is 2.87. The molecule has 2 rings (SSSR count). The van der Waals surface area contributed by atoms with Gasteiger partial charge in [0.2, 0.25) is 0 Å². The molecule has 18 heavy (non-hydrogen) atoms. The number of carbonyl (C=O) groups excluding carboxylic acids is 1. The minimum atomic E-state index is -4.21. The largest absolute Gasteiger partial charge is 0.336 e. The fraction of sp³-hybridized carbons (Fsp3) is 0.364. The molecule has 1 aliphatic heterocycles. The molecular formula is C11H14N2O4S. The van der Waals surface area contributed by atoms with E-state index in [1.807, 2.05) is 0 Å². The lowest BCUT2D eigenvalue weighted by Gasteiger charge is -2.27. The van der Waals surface area contributed by atoms with Crippen molar-refractivity contribution in [1.82, 2.24) is 10.2 Å². The van der Waals surface area contributed by atoms with Gasteiger partial charge in [-0.25, -0.2) is 0 Å². The quantitative estimate of drug-likeness (QED) is 0.737. The van der Waals surface area contributed by atoms with Crippen LogP contribution >= 0.6 is 0 Å². The summed E-state index contributed by atoms with van der Waals surface area (Å²) in [7, 11) is -4.21. The summed E-state index contributed by atoms with van der Waals surface area (Å²) >= 11 is 0. The van der Waals surface area contributed by atoms with Gasteiger partial charge < -0.3 is 10.2 Å². The Morgan fingerprint density at radius 1 is 1.17 bits per heavy atom. The second-order valence-corrected chi connectivity index (χ2v) is 5.46. The Hall–Kier alpha value is -1.44. The van der Waals surface area contributed by atoms with Crippen molar-refractivity contribution in [3.8, 4) is 0 Å². The van der Waals surface area contributed by atoms with Crippen molar-refractivity contribution in [2.45, 2.75) is 4.90 Å². The molecule has 1 heterocycles. The highest BCUT2D eigenvalue weighted by molar-refractivity contribution is 7.85. The molecule has 0 spiro atoms. The molecule has 1 aromatic carbocycles. The van der Waals surface area contributed by atoms with Crippen LogP contribution in [0.5, 0.6) is 0 Å². The Labute approximate surface area is 105 Å². The fourth-order valence-corrected chi connectivity index (χ4v) is 2.30. The maximum absolute atomic E-state index is 12.0. The molecule has 1 saturated heterocycles. The van der Waals surface area contributed by atoms with E-state index in [4.69, 9.17) is 4.55 Å². The molecule has 0 aliphatic carbocycles. The predicted molar refractivity (Wildman–Crippen MR) is 65.0 cm³/mol. The Morgan fingerprint density at radius 3 is 2.22 bits per heavy atom. The normalized spacial score (nSPS) is 16.6. The molecular weight excluding hydrogens is 256 g/mol. The first-order chi connectivity index (χ1) is 8.48. The summed E-state index contributed by atoms with van der Waals surface area (Å²) in [5.74, 6) is -0.126. The van der Waals surface area contributed by atoms with Crippen LogP contribution in [0.15, 0.2) is 29.2 Å². The van der Waals surface area contributed by atoms with Crippen LogP contribution in [0.25, 0.3) is 0 Å². The van der Waals surface area contributed by atoms with Gasteiger partial charge in [-0.05, 0) is 24.3 Å². The second-order valence-electron chi connectivity index (χ2n) is 4.04. The van der Waals surface area contributed by atoms with Crippen LogP contribution in [0.2, 0.25) is 0 Å². The van der Waals surface area contributed by atoms with E-state index >= 15 is 0 Å². The van der Waals surface area contributed by atoms with Crippen molar-refractivity contribution >= 4 is 16.0 Å². The van der Waals surface area contributed by atoms with Gasteiger partial charge in [-0.15, -0.1) is 0 Å². The molecule has 1 aliphatic rings. The van der Waals surface area contributed by atoms with Gasteiger partial charge in [-0.1, -0.05) is 0 Å². The fourth-order valence-electron chi connectivity index (χ4n) is 1.82. The summed E-state index contributed by atoms with van der Waals surface area (Å²) in [5, 5.41) is 3.14. The number of piperazine rings is 1. The summed E-state index contributed by atoms with van der Waals surface area (Å²) in [6.07, 6.45) is 0. The van der Waals surface area contributed by atoms with E-state index in [0.717, 1.165) is 13.1 Å². The Bertz CT molecular complexity index is 533. The number of carbonyl (C=O) groups is 1. The lowest BCUT2D eigenvalue weighted by Crippen LogP contribution is -2.46. The molecule has 1 fully saturated rings. The van der Waals surface area contributed by atoms with Gasteiger partial charge in [0.15, 0.2) is 0 Å². The maximum atomic E-state index is 12.0. The van der Waals surface area contributed by atoms with Gasteiger partial charge in [0, 0.05) is 31.7 Å². The molecule has 1 amide bonds. The lowest BCUT2D eigenvalue weighted by atomic mass is 10.2. The summed E-state index contributed by atoms with van der Waals surface area (Å²) in [4.78, 5) is 13.5. The number of amides is 1. The molecule has 0 radical (unpaired) electrons. The molecule has 7 heteroatoms. The van der Waals surface area contributed by atoms with Crippen molar-refractivity contribution in [2.24, 2.45) is 0 Å². The van der Waals surface area contributed by atoms with Gasteiger partial charge in [0.05, 0.1) is 4.90 Å². The zero-order valence-corrected chi connectivity index (χ0v) is 10.5. The van der Waals surface area contributed by atoms with E-state index in [1.54, 1.807) is 4.90 Å². The van der Waals surface area contributed by atoms with Gasteiger partial charge >= 0.3 is 0 Å². The topological polar surface area (TPSA) is 86.7 Å². The van der Waals surface area contributed by atoms with Crippen LogP contribution in [0.3, 0.4) is 0 Å². The van der Waals surface area contributed by atoms with E-state index in [-0.39, 0.29) is 10.8 Å². The molecule has 0 bridgehead atoms. The smallest absolute Gasteiger partial charge is 0.294 e. The first-order valence-electron chi connectivity index (χ1n) is 5.56. The Balaban J connectivity index is 2.16. The van der Waals surface area contributed by atoms with Crippen LogP contribution in [0.1, 0.15) is 10.4 Å². The van der Waals surface area contributed by atoms with Crippen molar-refractivity contribution in [2.75, 3.05) is 26.2 Å². The number of rotatable bonds is 2. The Kier molecular flexibility index (Phi) is 3.65. The standard InChI is InChI=1S/C11H14N2O4S/c14-11(13-7-5-12-6-8-13)9-1-3-10(4-2-9)18(15,16)17/h1-4,12H,5-8H2,(H,15,16,17). The lowest BCUT2D eigenvalue weighted by molar-refractivity contribution is 0.0735. The van der Waals surface area contributed by atoms with E-state index < -0.39 is 10.1 Å². The summed E-state index contributed by atoms with van der Waals surface area (Å²) in [5.41, 5.74) is 0.421. The highest BCUT2D eigenvalue weighted by Gasteiger charge is 2.18. The minimum Gasteiger partial charge on any atom is -0.336 e. The second kappa shape index (κ2) is 5.05. The molecule has 0 unspecified atom stereocenters. The van der Waals surface area contributed by atoms with Crippen molar-refractivity contribution in [3.05, 3.63) is 29.8 Å². The number of nitrogens with one attached hydrogen (secondary N) is 1. The van der Waals surface area contributed by atoms with Crippen LogP contribution in [0, 0.1) is 0 Å². The molecule has 0 aromatic heterocycles. The summed E-state index contributed by atoms with van der Waals surface area (Å²) in [6.45, 7) is 2.79. The number of nitrogens with zero attached hydrogens (tertiary/aromatic N) is 1. The van der Waals surface area contributed by atoms with Gasteiger partial charge in [0.1, 0.15) is 0 Å². The Morgan fingerprint density at radius 2 is 1.72 bits per heavy atom. The zero-order chi connectivity index (χ0) is 13.2. The van der Waals surface area contributed by atoms with Gasteiger partial charge in [-0.3, -0.25) is 9.35 Å². The SMILES string of the molecule is O=C(c1ccc(S(=O)(=O)O)cc1)N1CCNCC1. The highest BCUT2D eigenvalue weighted by Crippen LogP contribution is 2.12. The van der Waals surface area contributed by atoms with E-state index in [1.165, 1.54) is 24.3 Å². The third-order valence-corrected chi connectivity index (χ3v) is 3.67. The maximum Gasteiger partial charge on any atom is 0.294 e. The van der Waals surface area contributed by atoms with E-state index in [9.17, 15) is 13.2 Å². The molecule has 98 valence electrons. The summed E-state index contributed by atoms with van der Waals surface area (Å²) < 4.78 is 30.6. The van der Waals surface area contributed by atoms with Crippen molar-refractivity contribution < 1.29 is 17.8 Å². The number of hydrogen-bond donors (Lipinski definition) is 2.